The van der Waals surface area contributed by atoms with Crippen molar-refractivity contribution in [1.29, 1.82) is 0 Å². The van der Waals surface area contributed by atoms with Gasteiger partial charge in [0.15, 0.2) is 0 Å². The molecule has 214 valence electrons. The molecule has 0 heterocycles. The van der Waals surface area contributed by atoms with Crippen LogP contribution in [0.1, 0.15) is 168 Å². The first-order chi connectivity index (χ1) is 17.5. The van der Waals surface area contributed by atoms with Gasteiger partial charge < -0.3 is 19.7 Å². The molecule has 0 radical (unpaired) electrons. The second-order valence-corrected chi connectivity index (χ2v) is 10.4. The predicted octanol–water partition coefficient (Wildman–Crippen LogP) is 8.11. The fourth-order valence-corrected chi connectivity index (χ4v) is 4.41. The summed E-state index contributed by atoms with van der Waals surface area (Å²) in [6.07, 6.45) is 26.1. The second-order valence-electron chi connectivity index (χ2n) is 10.4. The van der Waals surface area contributed by atoms with Crippen molar-refractivity contribution in [3.05, 3.63) is 0 Å². The van der Waals surface area contributed by atoms with Gasteiger partial charge in [0, 0.05) is 12.8 Å². The van der Waals surface area contributed by atoms with E-state index in [1.54, 1.807) is 0 Å². The minimum atomic E-state index is -2.58. The van der Waals surface area contributed by atoms with E-state index in [4.69, 9.17) is 9.47 Å². The van der Waals surface area contributed by atoms with Gasteiger partial charge in [-0.2, -0.15) is 0 Å². The summed E-state index contributed by atoms with van der Waals surface area (Å²) in [5.74, 6) is -3.90. The standard InChI is InChI=1S/C30H58O6/c1-3-5-7-9-11-13-15-17-19-21-23-25-28(32)35-30(34,27-31)36-29(33)26-24-22-20-18-16-14-12-10-8-6-4-2/h31,34H,3-27H2,1-2H3. The minimum absolute atomic E-state index is 0.134. The second kappa shape index (κ2) is 25.5. The van der Waals surface area contributed by atoms with Crippen LogP contribution in [0, 0.1) is 0 Å². The third kappa shape index (κ3) is 23.3. The van der Waals surface area contributed by atoms with Crippen molar-refractivity contribution in [3.63, 3.8) is 0 Å². The molecule has 36 heavy (non-hydrogen) atoms. The van der Waals surface area contributed by atoms with Crippen LogP contribution in [0.5, 0.6) is 0 Å². The molecule has 0 rings (SSSR count). The van der Waals surface area contributed by atoms with E-state index in [1.165, 1.54) is 103 Å². The molecule has 0 bridgehead atoms. The molecule has 0 amide bonds. The Hall–Kier alpha value is -1.14. The maximum atomic E-state index is 12.0. The van der Waals surface area contributed by atoms with Gasteiger partial charge in [-0.3, -0.25) is 9.59 Å². The summed E-state index contributed by atoms with van der Waals surface area (Å²) in [5, 5.41) is 19.6. The van der Waals surface area contributed by atoms with Crippen LogP contribution >= 0.6 is 0 Å². The molecule has 0 saturated heterocycles. The van der Waals surface area contributed by atoms with Crippen molar-refractivity contribution in [1.82, 2.24) is 0 Å². The van der Waals surface area contributed by atoms with Gasteiger partial charge in [0.2, 0.25) is 0 Å². The van der Waals surface area contributed by atoms with Crippen molar-refractivity contribution < 1.29 is 29.3 Å². The van der Waals surface area contributed by atoms with Gasteiger partial charge in [0.1, 0.15) is 6.61 Å². The lowest BCUT2D eigenvalue weighted by atomic mass is 10.1. The SMILES string of the molecule is CCCCCCCCCCCCCC(=O)OC(O)(CO)OC(=O)CCCCCCCCCCCCC. The van der Waals surface area contributed by atoms with Gasteiger partial charge in [-0.1, -0.05) is 142 Å². The van der Waals surface area contributed by atoms with Crippen LogP contribution in [0.2, 0.25) is 0 Å². The summed E-state index contributed by atoms with van der Waals surface area (Å²) in [6.45, 7) is 3.49. The molecule has 0 aliphatic rings. The zero-order valence-corrected chi connectivity index (χ0v) is 23.7. The monoisotopic (exact) mass is 514 g/mol. The highest BCUT2D eigenvalue weighted by Gasteiger charge is 2.35. The van der Waals surface area contributed by atoms with E-state index < -0.39 is 24.5 Å². The van der Waals surface area contributed by atoms with Crippen molar-refractivity contribution in [2.75, 3.05) is 6.61 Å². The molecule has 0 atom stereocenters. The number of hydrogen-bond donors (Lipinski definition) is 2. The molecule has 2 N–H and O–H groups in total. The highest BCUT2D eigenvalue weighted by molar-refractivity contribution is 5.71. The highest BCUT2D eigenvalue weighted by Crippen LogP contribution is 2.17. The van der Waals surface area contributed by atoms with Crippen LogP contribution in [0.3, 0.4) is 0 Å². The summed E-state index contributed by atoms with van der Waals surface area (Å²) in [7, 11) is 0. The number of aliphatic hydroxyl groups excluding tert-OH is 1. The number of esters is 2. The Morgan fingerprint density at radius 2 is 0.750 bits per heavy atom. The quantitative estimate of drug-likeness (QED) is 0.0653. The molecule has 0 fully saturated rings. The zero-order valence-electron chi connectivity index (χ0n) is 23.7. The number of rotatable bonds is 27. The van der Waals surface area contributed by atoms with Crippen molar-refractivity contribution >= 4 is 11.9 Å². The Morgan fingerprint density at radius 1 is 0.500 bits per heavy atom. The molecule has 0 aliphatic carbocycles. The summed E-state index contributed by atoms with van der Waals surface area (Å²) in [4.78, 5) is 24.1. The fraction of sp³-hybridized carbons (Fsp3) is 0.933. The minimum Gasteiger partial charge on any atom is -0.396 e. The van der Waals surface area contributed by atoms with Crippen LogP contribution in [0.4, 0.5) is 0 Å². The summed E-state index contributed by atoms with van der Waals surface area (Å²) < 4.78 is 9.76. The number of carbonyl (C=O) groups excluding carboxylic acids is 2. The average Bonchev–Trinajstić information content (AvgIpc) is 2.85. The van der Waals surface area contributed by atoms with Crippen LogP contribution in [-0.4, -0.2) is 34.7 Å². The Bertz CT molecular complexity index is 468. The third-order valence-electron chi connectivity index (χ3n) is 6.72. The van der Waals surface area contributed by atoms with E-state index in [9.17, 15) is 19.8 Å². The van der Waals surface area contributed by atoms with Gasteiger partial charge in [-0.05, 0) is 12.8 Å². The molecule has 0 aromatic carbocycles. The number of unbranched alkanes of at least 4 members (excludes halogenated alkanes) is 20. The van der Waals surface area contributed by atoms with E-state index in [0.29, 0.717) is 12.8 Å². The first-order valence-corrected chi connectivity index (χ1v) is 15.2. The van der Waals surface area contributed by atoms with Gasteiger partial charge in [0.25, 0.3) is 0 Å². The van der Waals surface area contributed by atoms with Crippen LogP contribution in [0.15, 0.2) is 0 Å². The number of carbonyl (C=O) groups is 2. The van der Waals surface area contributed by atoms with Gasteiger partial charge in [-0.15, -0.1) is 0 Å². The number of aliphatic hydroxyl groups is 2. The van der Waals surface area contributed by atoms with Gasteiger partial charge in [-0.25, -0.2) is 0 Å². The molecule has 0 aromatic heterocycles. The van der Waals surface area contributed by atoms with E-state index in [2.05, 4.69) is 13.8 Å². The molecule has 6 nitrogen and oxygen atoms in total. The smallest absolute Gasteiger partial charge is 0.396 e. The lowest BCUT2D eigenvalue weighted by molar-refractivity contribution is -0.337. The summed E-state index contributed by atoms with van der Waals surface area (Å²) in [5.41, 5.74) is 0. The normalized spacial score (nSPS) is 11.6. The van der Waals surface area contributed by atoms with E-state index in [-0.39, 0.29) is 12.8 Å². The van der Waals surface area contributed by atoms with Gasteiger partial charge >= 0.3 is 17.9 Å². The van der Waals surface area contributed by atoms with Crippen molar-refractivity contribution in [2.45, 2.75) is 174 Å². The zero-order chi connectivity index (χ0) is 26.7. The lowest BCUT2D eigenvalue weighted by Gasteiger charge is -2.24. The van der Waals surface area contributed by atoms with Crippen LogP contribution < -0.4 is 0 Å². The summed E-state index contributed by atoms with van der Waals surface area (Å²) >= 11 is 0. The number of ether oxygens (including phenoxy) is 2. The van der Waals surface area contributed by atoms with Crippen LogP contribution in [0.25, 0.3) is 0 Å². The maximum Gasteiger partial charge on any atom is 0.398 e. The Balaban J connectivity index is 3.75. The molecule has 0 saturated carbocycles. The topological polar surface area (TPSA) is 93.1 Å². The van der Waals surface area contributed by atoms with Gasteiger partial charge in [0.05, 0.1) is 0 Å². The van der Waals surface area contributed by atoms with E-state index in [0.717, 1.165) is 25.7 Å². The average molecular weight is 515 g/mol. The molecule has 0 spiro atoms. The Kier molecular flexibility index (Phi) is 24.7. The third-order valence-corrected chi connectivity index (χ3v) is 6.72. The molecular formula is C30H58O6. The molecule has 0 aromatic rings. The van der Waals surface area contributed by atoms with E-state index >= 15 is 0 Å². The first-order valence-electron chi connectivity index (χ1n) is 15.2. The fourth-order valence-electron chi connectivity index (χ4n) is 4.41. The van der Waals surface area contributed by atoms with E-state index in [1.807, 2.05) is 0 Å². The Labute approximate surface area is 221 Å². The molecule has 0 unspecified atom stereocenters. The van der Waals surface area contributed by atoms with Crippen LogP contribution in [-0.2, 0) is 19.1 Å². The number of hydrogen-bond acceptors (Lipinski definition) is 6. The Morgan fingerprint density at radius 3 is 1.00 bits per heavy atom. The maximum absolute atomic E-state index is 12.0. The molecular weight excluding hydrogens is 456 g/mol. The molecule has 6 heteroatoms. The van der Waals surface area contributed by atoms with Crippen molar-refractivity contribution in [2.24, 2.45) is 0 Å². The van der Waals surface area contributed by atoms with Crippen molar-refractivity contribution in [3.8, 4) is 0 Å². The summed E-state index contributed by atoms with van der Waals surface area (Å²) in [6, 6.07) is 0. The lowest BCUT2D eigenvalue weighted by Crippen LogP contribution is -2.43. The largest absolute Gasteiger partial charge is 0.398 e. The first kappa shape index (κ1) is 34.9. The molecule has 0 aliphatic heterocycles. The highest BCUT2D eigenvalue weighted by atomic mass is 16.8. The predicted molar refractivity (Wildman–Crippen MR) is 146 cm³/mol.